The van der Waals surface area contributed by atoms with Gasteiger partial charge < -0.3 is 5.32 Å². The summed E-state index contributed by atoms with van der Waals surface area (Å²) in [4.78, 5) is 0. The van der Waals surface area contributed by atoms with Gasteiger partial charge >= 0.3 is 0 Å². The SMILES string of the molecule is CCNC1CCc2c(-c3c(C)cc(C)cc3C)cccc21. The summed E-state index contributed by atoms with van der Waals surface area (Å²) < 4.78 is 0. The van der Waals surface area contributed by atoms with Gasteiger partial charge in [-0.25, -0.2) is 0 Å². The molecule has 1 nitrogen and oxygen atoms in total. The number of aryl methyl sites for hydroxylation is 3. The molecule has 2 aromatic carbocycles. The summed E-state index contributed by atoms with van der Waals surface area (Å²) in [5.41, 5.74) is 10.1. The van der Waals surface area contributed by atoms with Gasteiger partial charge in [0.15, 0.2) is 0 Å². The molecule has 0 saturated carbocycles. The molecule has 0 bridgehead atoms. The zero-order valence-electron chi connectivity index (χ0n) is 13.6. The van der Waals surface area contributed by atoms with Crippen molar-refractivity contribution in [3.05, 3.63) is 58.1 Å². The van der Waals surface area contributed by atoms with Crippen LogP contribution >= 0.6 is 0 Å². The monoisotopic (exact) mass is 279 g/mol. The minimum absolute atomic E-state index is 0.538. The van der Waals surface area contributed by atoms with E-state index in [2.05, 4.69) is 63.3 Å². The van der Waals surface area contributed by atoms with E-state index in [0.717, 1.165) is 6.54 Å². The highest BCUT2D eigenvalue weighted by molar-refractivity contribution is 5.76. The largest absolute Gasteiger partial charge is 0.310 e. The summed E-state index contributed by atoms with van der Waals surface area (Å²) in [6, 6.07) is 12.0. The summed E-state index contributed by atoms with van der Waals surface area (Å²) in [6.45, 7) is 9.89. The third kappa shape index (κ3) is 2.51. The Bertz CT molecular complexity index is 647. The Labute approximate surface area is 128 Å². The average Bonchev–Trinajstić information content (AvgIpc) is 2.82. The van der Waals surface area contributed by atoms with Gasteiger partial charge in [-0.3, -0.25) is 0 Å². The van der Waals surface area contributed by atoms with Gasteiger partial charge in [-0.2, -0.15) is 0 Å². The molecule has 3 rings (SSSR count). The molecule has 21 heavy (non-hydrogen) atoms. The highest BCUT2D eigenvalue weighted by Gasteiger charge is 2.24. The predicted molar refractivity (Wildman–Crippen MR) is 90.8 cm³/mol. The number of fused-ring (bicyclic) bond motifs is 1. The molecule has 2 aromatic rings. The smallest absolute Gasteiger partial charge is 0.0326 e. The molecule has 0 aliphatic heterocycles. The fourth-order valence-electron chi connectivity index (χ4n) is 3.95. The predicted octanol–water partition coefficient (Wildman–Crippen LogP) is 4.88. The van der Waals surface area contributed by atoms with E-state index in [-0.39, 0.29) is 0 Å². The van der Waals surface area contributed by atoms with Crippen LogP contribution in [0, 0.1) is 20.8 Å². The zero-order valence-corrected chi connectivity index (χ0v) is 13.6. The van der Waals surface area contributed by atoms with Crippen LogP contribution in [-0.4, -0.2) is 6.54 Å². The molecule has 0 radical (unpaired) electrons. The first-order valence-corrected chi connectivity index (χ1v) is 8.05. The summed E-state index contributed by atoms with van der Waals surface area (Å²) in [7, 11) is 0. The van der Waals surface area contributed by atoms with E-state index in [0.29, 0.717) is 6.04 Å². The van der Waals surface area contributed by atoms with Crippen LogP contribution in [-0.2, 0) is 6.42 Å². The average molecular weight is 279 g/mol. The second-order valence-corrected chi connectivity index (χ2v) is 6.30. The van der Waals surface area contributed by atoms with Gasteiger partial charge in [0.2, 0.25) is 0 Å². The Hall–Kier alpha value is -1.60. The fourth-order valence-corrected chi connectivity index (χ4v) is 3.95. The van der Waals surface area contributed by atoms with Crippen molar-refractivity contribution in [2.24, 2.45) is 0 Å². The van der Waals surface area contributed by atoms with Crippen molar-refractivity contribution in [1.82, 2.24) is 5.32 Å². The van der Waals surface area contributed by atoms with Crippen molar-refractivity contribution in [3.63, 3.8) is 0 Å². The van der Waals surface area contributed by atoms with Gasteiger partial charge in [0.25, 0.3) is 0 Å². The van der Waals surface area contributed by atoms with Crippen LogP contribution in [0.2, 0.25) is 0 Å². The first-order chi connectivity index (χ1) is 10.1. The second-order valence-electron chi connectivity index (χ2n) is 6.30. The maximum Gasteiger partial charge on any atom is 0.0326 e. The van der Waals surface area contributed by atoms with E-state index in [9.17, 15) is 0 Å². The highest BCUT2D eigenvalue weighted by atomic mass is 14.9. The van der Waals surface area contributed by atoms with Gasteiger partial charge in [0.1, 0.15) is 0 Å². The lowest BCUT2D eigenvalue weighted by Crippen LogP contribution is -2.18. The molecule has 0 saturated heterocycles. The lowest BCUT2D eigenvalue weighted by molar-refractivity contribution is 0.549. The molecule has 1 atom stereocenters. The first kappa shape index (κ1) is 14.3. The van der Waals surface area contributed by atoms with Gasteiger partial charge in [-0.1, -0.05) is 42.8 Å². The van der Waals surface area contributed by atoms with E-state index in [4.69, 9.17) is 0 Å². The number of rotatable bonds is 3. The third-order valence-electron chi connectivity index (χ3n) is 4.67. The molecule has 0 spiro atoms. The van der Waals surface area contributed by atoms with Crippen molar-refractivity contribution < 1.29 is 0 Å². The molecule has 0 heterocycles. The summed E-state index contributed by atoms with van der Waals surface area (Å²) in [5.74, 6) is 0. The number of hydrogen-bond acceptors (Lipinski definition) is 1. The number of nitrogens with one attached hydrogen (secondary N) is 1. The Morgan fingerprint density at radius 1 is 1.10 bits per heavy atom. The van der Waals surface area contributed by atoms with Crippen LogP contribution in [0.25, 0.3) is 11.1 Å². The van der Waals surface area contributed by atoms with Crippen LogP contribution in [0.1, 0.15) is 47.2 Å². The van der Waals surface area contributed by atoms with Crippen LogP contribution in [0.3, 0.4) is 0 Å². The van der Waals surface area contributed by atoms with Gasteiger partial charge in [-0.15, -0.1) is 0 Å². The van der Waals surface area contributed by atoms with E-state index in [1.165, 1.54) is 46.2 Å². The van der Waals surface area contributed by atoms with Gasteiger partial charge in [0.05, 0.1) is 0 Å². The molecule has 1 aliphatic carbocycles. The number of hydrogen-bond donors (Lipinski definition) is 1. The Kier molecular flexibility index (Phi) is 3.86. The van der Waals surface area contributed by atoms with Crippen LogP contribution in [0.4, 0.5) is 0 Å². The molecule has 0 fully saturated rings. The van der Waals surface area contributed by atoms with Crippen molar-refractivity contribution in [2.45, 2.75) is 46.6 Å². The molecule has 0 amide bonds. The number of benzene rings is 2. The third-order valence-corrected chi connectivity index (χ3v) is 4.67. The molecule has 0 aromatic heterocycles. The van der Waals surface area contributed by atoms with Crippen molar-refractivity contribution in [2.75, 3.05) is 6.54 Å². The molecular weight excluding hydrogens is 254 g/mol. The minimum atomic E-state index is 0.538. The van der Waals surface area contributed by atoms with E-state index < -0.39 is 0 Å². The van der Waals surface area contributed by atoms with E-state index in [1.807, 2.05) is 0 Å². The minimum Gasteiger partial charge on any atom is -0.310 e. The Morgan fingerprint density at radius 2 is 1.81 bits per heavy atom. The molecule has 1 aliphatic rings. The summed E-state index contributed by atoms with van der Waals surface area (Å²) in [6.07, 6.45) is 2.42. The van der Waals surface area contributed by atoms with Crippen molar-refractivity contribution in [1.29, 1.82) is 0 Å². The zero-order chi connectivity index (χ0) is 15.0. The first-order valence-electron chi connectivity index (χ1n) is 8.05. The quantitative estimate of drug-likeness (QED) is 0.844. The maximum absolute atomic E-state index is 3.62. The van der Waals surface area contributed by atoms with E-state index >= 15 is 0 Å². The summed E-state index contributed by atoms with van der Waals surface area (Å²) in [5, 5.41) is 3.62. The molecule has 110 valence electrons. The fraction of sp³-hybridized carbons (Fsp3) is 0.400. The van der Waals surface area contributed by atoms with Gasteiger partial charge in [0, 0.05) is 6.04 Å². The topological polar surface area (TPSA) is 12.0 Å². The highest BCUT2D eigenvalue weighted by Crippen LogP contribution is 2.39. The lowest BCUT2D eigenvalue weighted by Gasteiger charge is -2.17. The van der Waals surface area contributed by atoms with Crippen LogP contribution < -0.4 is 5.32 Å². The Balaban J connectivity index is 2.14. The lowest BCUT2D eigenvalue weighted by atomic mass is 9.89. The second kappa shape index (κ2) is 5.65. The normalized spacial score (nSPS) is 17.0. The van der Waals surface area contributed by atoms with Crippen molar-refractivity contribution in [3.8, 4) is 11.1 Å². The molecular formula is C20H25N. The van der Waals surface area contributed by atoms with Gasteiger partial charge in [-0.05, 0) is 73.5 Å². The maximum atomic E-state index is 3.62. The van der Waals surface area contributed by atoms with E-state index in [1.54, 1.807) is 5.56 Å². The Morgan fingerprint density at radius 3 is 2.48 bits per heavy atom. The van der Waals surface area contributed by atoms with Crippen LogP contribution in [0.5, 0.6) is 0 Å². The molecule has 1 heteroatoms. The van der Waals surface area contributed by atoms with Crippen molar-refractivity contribution >= 4 is 0 Å². The molecule has 1 N–H and O–H groups in total. The standard InChI is InChI=1S/C20H25N/c1-5-21-19-10-9-16-17(19)7-6-8-18(16)20-14(3)11-13(2)12-15(20)4/h6-8,11-12,19,21H,5,9-10H2,1-4H3. The summed E-state index contributed by atoms with van der Waals surface area (Å²) >= 11 is 0. The molecule has 1 unspecified atom stereocenters. The van der Waals surface area contributed by atoms with Crippen LogP contribution in [0.15, 0.2) is 30.3 Å².